The van der Waals surface area contributed by atoms with Gasteiger partial charge in [0.1, 0.15) is 11.3 Å². The number of hydrogen-bond donors (Lipinski definition) is 0. The highest BCUT2D eigenvalue weighted by Gasteiger charge is 2.51. The zero-order valence-corrected chi connectivity index (χ0v) is 15.3. The molecule has 1 saturated heterocycles. The zero-order chi connectivity index (χ0) is 17.8. The van der Waals surface area contributed by atoms with Gasteiger partial charge in [0.05, 0.1) is 11.2 Å². The molecule has 5 heteroatoms. The van der Waals surface area contributed by atoms with Crippen LogP contribution in [0.2, 0.25) is 0 Å². The molecule has 1 fully saturated rings. The summed E-state index contributed by atoms with van der Waals surface area (Å²) < 4.78 is 18.4. The van der Waals surface area contributed by atoms with E-state index in [0.717, 1.165) is 33.4 Å². The lowest BCUT2D eigenvalue weighted by Crippen LogP contribution is -2.41. The van der Waals surface area contributed by atoms with Crippen molar-refractivity contribution in [3.63, 3.8) is 0 Å². The van der Waals surface area contributed by atoms with E-state index in [9.17, 15) is 0 Å². The van der Waals surface area contributed by atoms with Gasteiger partial charge in [-0.3, -0.25) is 4.98 Å². The monoisotopic (exact) mass is 335 g/mol. The molecule has 25 heavy (non-hydrogen) atoms. The highest BCUT2D eigenvalue weighted by molar-refractivity contribution is 6.62. The maximum absolute atomic E-state index is 6.17. The summed E-state index contributed by atoms with van der Waals surface area (Å²) in [4.78, 5) is 4.40. The predicted molar refractivity (Wildman–Crippen MR) is 99.9 cm³/mol. The minimum Gasteiger partial charge on any atom is -0.454 e. The molecule has 0 saturated carbocycles. The average molecular weight is 335 g/mol. The van der Waals surface area contributed by atoms with Crippen molar-refractivity contribution in [1.29, 1.82) is 0 Å². The molecule has 0 atom stereocenters. The maximum atomic E-state index is 6.17. The molecule has 0 N–H and O–H groups in total. The average Bonchev–Trinajstić information content (AvgIpc) is 3.01. The lowest BCUT2D eigenvalue weighted by atomic mass is 9.78. The fourth-order valence-electron chi connectivity index (χ4n) is 3.11. The Hall–Kier alpha value is -2.11. The van der Waals surface area contributed by atoms with Crippen molar-refractivity contribution in [3.05, 3.63) is 48.2 Å². The van der Waals surface area contributed by atoms with Crippen LogP contribution in [0.25, 0.3) is 22.4 Å². The Bertz CT molecular complexity index is 915. The van der Waals surface area contributed by atoms with Gasteiger partial charge in [-0.05, 0) is 58.3 Å². The van der Waals surface area contributed by atoms with Gasteiger partial charge < -0.3 is 13.7 Å². The second-order valence-electron chi connectivity index (χ2n) is 7.62. The molecule has 0 unspecified atom stereocenters. The number of benzene rings is 1. The number of nitrogens with zero attached hydrogens (tertiary/aromatic N) is 1. The SMILES string of the molecule is Cc1c(-c2ccccn2)oc2ccc(B3OC(C)(C)C(C)(C)O3)cc12. The largest absolute Gasteiger partial charge is 0.494 e. The van der Waals surface area contributed by atoms with Crippen molar-refractivity contribution in [2.45, 2.75) is 45.8 Å². The van der Waals surface area contributed by atoms with E-state index in [1.54, 1.807) is 6.20 Å². The first-order valence-corrected chi connectivity index (χ1v) is 8.59. The first-order chi connectivity index (χ1) is 11.8. The summed E-state index contributed by atoms with van der Waals surface area (Å²) >= 11 is 0. The van der Waals surface area contributed by atoms with Crippen LogP contribution >= 0.6 is 0 Å². The third kappa shape index (κ3) is 2.59. The Morgan fingerprint density at radius 2 is 1.68 bits per heavy atom. The highest BCUT2D eigenvalue weighted by atomic mass is 16.7. The van der Waals surface area contributed by atoms with Gasteiger partial charge in [-0.15, -0.1) is 0 Å². The number of rotatable bonds is 2. The first-order valence-electron chi connectivity index (χ1n) is 8.59. The summed E-state index contributed by atoms with van der Waals surface area (Å²) in [5.74, 6) is 0.807. The number of aromatic nitrogens is 1. The van der Waals surface area contributed by atoms with E-state index in [-0.39, 0.29) is 18.3 Å². The summed E-state index contributed by atoms with van der Waals surface area (Å²) in [6.45, 7) is 10.3. The molecule has 0 aliphatic carbocycles. The van der Waals surface area contributed by atoms with Crippen molar-refractivity contribution in [1.82, 2.24) is 4.98 Å². The van der Waals surface area contributed by atoms with Gasteiger partial charge in [0.15, 0.2) is 5.76 Å². The van der Waals surface area contributed by atoms with Gasteiger partial charge >= 0.3 is 7.12 Å². The molecule has 1 aliphatic heterocycles. The van der Waals surface area contributed by atoms with Gasteiger partial charge in [0, 0.05) is 17.1 Å². The van der Waals surface area contributed by atoms with Crippen LogP contribution in [-0.2, 0) is 9.31 Å². The number of furan rings is 1. The Morgan fingerprint density at radius 1 is 0.960 bits per heavy atom. The maximum Gasteiger partial charge on any atom is 0.494 e. The highest BCUT2D eigenvalue weighted by Crippen LogP contribution is 2.37. The second kappa shape index (κ2) is 5.45. The topological polar surface area (TPSA) is 44.5 Å². The number of aryl methyl sites for hydroxylation is 1. The number of hydrogen-bond acceptors (Lipinski definition) is 4. The Labute approximate surface area is 148 Å². The van der Waals surface area contributed by atoms with Crippen LogP contribution in [0.5, 0.6) is 0 Å². The fourth-order valence-corrected chi connectivity index (χ4v) is 3.11. The van der Waals surface area contributed by atoms with Crippen molar-refractivity contribution in [2.75, 3.05) is 0 Å². The van der Waals surface area contributed by atoms with E-state index < -0.39 is 0 Å². The van der Waals surface area contributed by atoms with Gasteiger partial charge in [-0.2, -0.15) is 0 Å². The third-order valence-corrected chi connectivity index (χ3v) is 5.38. The summed E-state index contributed by atoms with van der Waals surface area (Å²) in [6.07, 6.45) is 1.78. The lowest BCUT2D eigenvalue weighted by Gasteiger charge is -2.32. The quantitative estimate of drug-likeness (QED) is 0.662. The summed E-state index contributed by atoms with van der Waals surface area (Å²) in [6, 6.07) is 11.9. The molecule has 0 amide bonds. The Morgan fingerprint density at radius 3 is 2.32 bits per heavy atom. The van der Waals surface area contributed by atoms with E-state index in [1.165, 1.54) is 0 Å². The van der Waals surface area contributed by atoms with E-state index in [1.807, 2.05) is 30.3 Å². The summed E-state index contributed by atoms with van der Waals surface area (Å²) in [5.41, 5.74) is 3.07. The minimum absolute atomic E-state index is 0.350. The summed E-state index contributed by atoms with van der Waals surface area (Å²) in [5, 5.41) is 1.06. The molecule has 2 aromatic heterocycles. The molecule has 1 aromatic carbocycles. The molecular weight excluding hydrogens is 313 g/mol. The molecule has 4 rings (SSSR count). The predicted octanol–water partition coefficient (Wildman–Crippen LogP) is 4.10. The molecule has 3 aromatic rings. The van der Waals surface area contributed by atoms with Crippen molar-refractivity contribution < 1.29 is 13.7 Å². The van der Waals surface area contributed by atoms with Crippen LogP contribution in [0.3, 0.4) is 0 Å². The number of pyridine rings is 1. The molecule has 0 bridgehead atoms. The van der Waals surface area contributed by atoms with Gasteiger partial charge in [-0.1, -0.05) is 18.2 Å². The molecule has 3 heterocycles. The molecule has 1 aliphatic rings. The smallest absolute Gasteiger partial charge is 0.454 e. The van der Waals surface area contributed by atoms with E-state index in [2.05, 4.69) is 45.7 Å². The van der Waals surface area contributed by atoms with Crippen LogP contribution < -0.4 is 5.46 Å². The molecule has 128 valence electrons. The van der Waals surface area contributed by atoms with E-state index in [0.29, 0.717) is 0 Å². The van der Waals surface area contributed by atoms with Crippen LogP contribution in [0.1, 0.15) is 33.3 Å². The number of fused-ring (bicyclic) bond motifs is 1. The Balaban J connectivity index is 1.76. The fraction of sp³-hybridized carbons (Fsp3) is 0.350. The molecule has 0 spiro atoms. The van der Waals surface area contributed by atoms with Crippen molar-refractivity contribution in [3.8, 4) is 11.5 Å². The summed E-state index contributed by atoms with van der Waals surface area (Å²) in [7, 11) is -0.373. The van der Waals surface area contributed by atoms with Crippen LogP contribution in [0.15, 0.2) is 47.0 Å². The van der Waals surface area contributed by atoms with Crippen LogP contribution in [0, 0.1) is 6.92 Å². The van der Waals surface area contributed by atoms with E-state index >= 15 is 0 Å². The lowest BCUT2D eigenvalue weighted by molar-refractivity contribution is 0.00578. The minimum atomic E-state index is -0.373. The van der Waals surface area contributed by atoms with Gasteiger partial charge in [0.25, 0.3) is 0 Å². The van der Waals surface area contributed by atoms with Crippen molar-refractivity contribution >= 4 is 23.6 Å². The molecular formula is C20H22BNO3. The normalized spacial score (nSPS) is 18.8. The third-order valence-electron chi connectivity index (χ3n) is 5.38. The van der Waals surface area contributed by atoms with Crippen LogP contribution in [0.4, 0.5) is 0 Å². The van der Waals surface area contributed by atoms with Gasteiger partial charge in [-0.25, -0.2) is 0 Å². The van der Waals surface area contributed by atoms with Crippen molar-refractivity contribution in [2.24, 2.45) is 0 Å². The second-order valence-corrected chi connectivity index (χ2v) is 7.62. The zero-order valence-electron chi connectivity index (χ0n) is 15.3. The molecule has 0 radical (unpaired) electrons. The van der Waals surface area contributed by atoms with Gasteiger partial charge in [0.2, 0.25) is 0 Å². The first kappa shape index (κ1) is 16.4. The van der Waals surface area contributed by atoms with Crippen LogP contribution in [-0.4, -0.2) is 23.3 Å². The standard InChI is InChI=1S/C20H22BNO3/c1-13-15-12-14(21-24-19(2,3)20(4,5)25-21)9-10-17(15)23-18(13)16-8-6-7-11-22-16/h6-12H,1-5H3. The molecule has 4 nitrogen and oxygen atoms in total. The Kier molecular flexibility index (Phi) is 3.57. The van der Waals surface area contributed by atoms with E-state index in [4.69, 9.17) is 13.7 Å².